The van der Waals surface area contributed by atoms with Crippen molar-refractivity contribution in [2.24, 2.45) is 0 Å². The maximum atomic E-state index is 5.92. The average molecular weight is 231 g/mol. The van der Waals surface area contributed by atoms with Gasteiger partial charge < -0.3 is 0 Å². The average Bonchev–Trinajstić information content (AvgIpc) is 1.35. The minimum atomic E-state index is -0.275. The van der Waals surface area contributed by atoms with Crippen molar-refractivity contribution in [1.29, 1.82) is 0 Å². The van der Waals surface area contributed by atoms with Crippen LogP contribution in [0.5, 0.6) is 0 Å². The Labute approximate surface area is 59.8 Å². The van der Waals surface area contributed by atoms with Crippen LogP contribution in [0.4, 0.5) is 0 Å². The molecular weight excluding hydrogens is 220 g/mol. The molecule has 1 atom stereocenters. The Morgan fingerprint density at radius 1 is 1.83 bits per heavy atom. The van der Waals surface area contributed by atoms with Crippen molar-refractivity contribution in [2.75, 3.05) is 0 Å². The molecule has 0 rings (SSSR count). The zero-order valence-corrected chi connectivity index (χ0v) is 15.3. The molecule has 0 aliphatic rings. The van der Waals surface area contributed by atoms with Crippen molar-refractivity contribution >= 4 is 60.0 Å². The van der Waals surface area contributed by atoms with Gasteiger partial charge in [0, 0.05) is 0 Å². The second kappa shape index (κ2) is 4.85. The van der Waals surface area contributed by atoms with E-state index in [-0.39, 0.29) is 6.15 Å². The van der Waals surface area contributed by atoms with Crippen LogP contribution in [0, 0.1) is 0 Å². The Kier molecular flexibility index (Phi) is 6.22. The zero-order chi connectivity index (χ0) is 4.99. The van der Waals surface area contributed by atoms with Crippen molar-refractivity contribution in [3.8, 4) is 0 Å². The molecule has 0 aromatic rings. The summed E-state index contributed by atoms with van der Waals surface area (Å²) in [6.45, 7) is 0. The topological polar surface area (TPSA) is 0 Å². The number of hydrogen-bond acceptors (Lipinski definition) is 0. The first kappa shape index (κ1) is 7.70. The third-order valence-electron chi connectivity index (χ3n) is 0.686. The molecule has 0 saturated heterocycles. The van der Waals surface area contributed by atoms with E-state index in [1.54, 1.807) is 9.76 Å². The SMILES string of the molecule is [SiH3][SiH2][SiH2][SiH](Cl)[GeH3]. The fraction of sp³-hybridized carbons (Fsp3) is 0. The summed E-state index contributed by atoms with van der Waals surface area (Å²) in [7, 11) is 2.73. The molecule has 1 unspecified atom stereocenters. The summed E-state index contributed by atoms with van der Waals surface area (Å²) in [6, 6.07) is 0. The summed E-state index contributed by atoms with van der Waals surface area (Å²) in [5.41, 5.74) is 0. The van der Waals surface area contributed by atoms with Gasteiger partial charge in [-0.05, 0) is 0 Å². The van der Waals surface area contributed by atoms with Gasteiger partial charge in [0.2, 0.25) is 0 Å². The van der Waals surface area contributed by atoms with Crippen molar-refractivity contribution in [3.05, 3.63) is 0 Å². The van der Waals surface area contributed by atoms with Crippen LogP contribution in [0.1, 0.15) is 0 Å². The molecule has 0 aromatic carbocycles. The van der Waals surface area contributed by atoms with Crippen molar-refractivity contribution in [1.82, 2.24) is 0 Å². The molecule has 6 heteroatoms. The van der Waals surface area contributed by atoms with Crippen molar-refractivity contribution in [2.45, 2.75) is 0 Å². The molecule has 0 saturated carbocycles. The molecule has 0 spiro atoms. The Morgan fingerprint density at radius 2 is 2.33 bits per heavy atom. The molecule has 0 aliphatic heterocycles. The fourth-order valence-corrected chi connectivity index (χ4v) is 148. The van der Waals surface area contributed by atoms with Crippen molar-refractivity contribution < 1.29 is 0 Å². The van der Waals surface area contributed by atoms with E-state index in [4.69, 9.17) is 11.1 Å². The molecular formula is H11ClGeSi4. The van der Waals surface area contributed by atoms with Gasteiger partial charge in [0.15, 0.2) is 0 Å². The number of rotatable bonds is 2. The van der Waals surface area contributed by atoms with Crippen LogP contribution in [0.2, 0.25) is 0 Å². The molecule has 0 aromatic heterocycles. The number of hydrogen-bond donors (Lipinski definition) is 0. The van der Waals surface area contributed by atoms with Gasteiger partial charge in [-0.25, -0.2) is 0 Å². The van der Waals surface area contributed by atoms with Crippen LogP contribution < -0.4 is 0 Å². The summed E-state index contributed by atoms with van der Waals surface area (Å²) in [4.78, 5) is 0. The summed E-state index contributed by atoms with van der Waals surface area (Å²) in [5, 5.41) is 0. The molecule has 0 N–H and O–H groups in total. The van der Waals surface area contributed by atoms with Gasteiger partial charge in [-0.2, -0.15) is 0 Å². The van der Waals surface area contributed by atoms with E-state index < -0.39 is 0 Å². The van der Waals surface area contributed by atoms with Crippen molar-refractivity contribution in [3.63, 3.8) is 0 Å². The van der Waals surface area contributed by atoms with Gasteiger partial charge in [-0.1, -0.05) is 0 Å². The van der Waals surface area contributed by atoms with Crippen LogP contribution in [0.25, 0.3) is 0 Å². The van der Waals surface area contributed by atoms with Gasteiger partial charge in [0.25, 0.3) is 0 Å². The van der Waals surface area contributed by atoms with E-state index in [0.717, 1.165) is 15.9 Å². The van der Waals surface area contributed by atoms with Crippen LogP contribution in [0.15, 0.2) is 0 Å². The molecule has 0 aliphatic carbocycles. The first-order valence-electron chi connectivity index (χ1n) is 2.41. The quantitative estimate of drug-likeness (QED) is 0.334. The van der Waals surface area contributed by atoms with Crippen LogP contribution >= 0.6 is 11.1 Å². The molecule has 0 fully saturated rings. The summed E-state index contributed by atoms with van der Waals surface area (Å²) in [6.07, 6.45) is -0.275. The Balaban J connectivity index is 2.63. The molecule has 0 heterocycles. The van der Waals surface area contributed by atoms with Gasteiger partial charge in [0.05, 0.1) is 0 Å². The third kappa shape index (κ3) is 5.70. The van der Waals surface area contributed by atoms with E-state index in [0.29, 0.717) is 17.1 Å². The second-order valence-electron chi connectivity index (χ2n) is 1.57. The minimum absolute atomic E-state index is 0.275. The van der Waals surface area contributed by atoms with Crippen LogP contribution in [0.3, 0.4) is 0 Å². The summed E-state index contributed by atoms with van der Waals surface area (Å²) < 4.78 is 0. The second-order valence-corrected chi connectivity index (χ2v) is 54.8. The zero-order valence-electron chi connectivity index (χ0n) is 4.37. The molecule has 0 bridgehead atoms. The molecule has 38 valence electrons. The monoisotopic (exact) mass is 232 g/mol. The van der Waals surface area contributed by atoms with E-state index in [9.17, 15) is 0 Å². The van der Waals surface area contributed by atoms with E-state index in [1.807, 2.05) is 0 Å². The van der Waals surface area contributed by atoms with E-state index >= 15 is 0 Å². The maximum absolute atomic E-state index is 5.92. The van der Waals surface area contributed by atoms with Gasteiger partial charge in [0.1, 0.15) is 0 Å². The molecule has 0 amide bonds. The van der Waals surface area contributed by atoms with E-state index in [2.05, 4.69) is 0 Å². The number of halogens is 1. The predicted molar refractivity (Wildman–Crippen MR) is 50.0 cm³/mol. The third-order valence-corrected chi connectivity index (χ3v) is 72.7. The van der Waals surface area contributed by atoms with E-state index in [1.165, 1.54) is 0 Å². The molecule has 0 radical (unpaired) electrons. The van der Waals surface area contributed by atoms with Crippen LogP contribution in [-0.4, -0.2) is 48.9 Å². The predicted octanol–water partition coefficient (Wildman–Crippen LogP) is -4.16. The first-order chi connectivity index (χ1) is 2.77. The van der Waals surface area contributed by atoms with Gasteiger partial charge in [-0.15, -0.1) is 0 Å². The Bertz CT molecular complexity index is 28.7. The molecule has 0 nitrogen and oxygen atoms in total. The van der Waals surface area contributed by atoms with Gasteiger partial charge in [-0.3, -0.25) is 0 Å². The normalized spacial score (nSPS) is 19.5. The standard InChI is InChI=1S/ClGeH11Si4/c1-6(2)5-4-3/h6H,4-5H2,2-3H3. The fourth-order valence-electron chi connectivity index (χ4n) is 0.398. The van der Waals surface area contributed by atoms with Crippen LogP contribution in [-0.2, 0) is 0 Å². The van der Waals surface area contributed by atoms with Gasteiger partial charge >= 0.3 is 60.0 Å². The summed E-state index contributed by atoms with van der Waals surface area (Å²) >= 11 is 7.01. The Hall–Kier alpha value is 1.70. The summed E-state index contributed by atoms with van der Waals surface area (Å²) in [5.74, 6) is 0. The first-order valence-corrected chi connectivity index (χ1v) is 25.5. The Morgan fingerprint density at radius 3 is 2.33 bits per heavy atom. The molecule has 6 heavy (non-hydrogen) atoms.